The molecular formula is C18H34N4O2. The first-order valence-electron chi connectivity index (χ1n) is 9.68. The maximum atomic E-state index is 12.6. The maximum absolute atomic E-state index is 12.6. The number of aliphatic hydroxyl groups is 1. The van der Waals surface area contributed by atoms with Gasteiger partial charge in [0, 0.05) is 39.3 Å². The van der Waals surface area contributed by atoms with E-state index in [1.807, 2.05) is 4.90 Å². The van der Waals surface area contributed by atoms with Gasteiger partial charge in [-0.2, -0.15) is 0 Å². The zero-order chi connectivity index (χ0) is 17.0. The first-order valence-corrected chi connectivity index (χ1v) is 9.68. The Balaban J connectivity index is 1.45. The van der Waals surface area contributed by atoms with Gasteiger partial charge < -0.3 is 14.9 Å². The second-order valence-electron chi connectivity index (χ2n) is 8.06. The zero-order valence-corrected chi connectivity index (χ0v) is 15.3. The Morgan fingerprint density at radius 3 is 2.25 bits per heavy atom. The van der Waals surface area contributed by atoms with Gasteiger partial charge in [0.25, 0.3) is 0 Å². The fraction of sp³-hybridized carbons (Fsp3) is 0.944. The predicted molar refractivity (Wildman–Crippen MR) is 95.0 cm³/mol. The van der Waals surface area contributed by atoms with Crippen molar-refractivity contribution in [3.05, 3.63) is 0 Å². The maximum Gasteiger partial charge on any atom is 0.236 e. The van der Waals surface area contributed by atoms with Gasteiger partial charge in [0.15, 0.2) is 0 Å². The number of rotatable bonds is 4. The molecule has 0 aromatic rings. The van der Waals surface area contributed by atoms with E-state index in [0.717, 1.165) is 39.3 Å². The molecule has 6 heteroatoms. The smallest absolute Gasteiger partial charge is 0.236 e. The SMILES string of the molecule is CN1CCN(CC2(O)CCN(C(=O)CN3CCCCCC3)C2)CC1. The number of hydrogen-bond donors (Lipinski definition) is 1. The fourth-order valence-electron chi connectivity index (χ4n) is 4.21. The average Bonchev–Trinajstić information content (AvgIpc) is 2.77. The van der Waals surface area contributed by atoms with Gasteiger partial charge in [-0.1, -0.05) is 12.8 Å². The van der Waals surface area contributed by atoms with Crippen molar-refractivity contribution in [1.82, 2.24) is 19.6 Å². The summed E-state index contributed by atoms with van der Waals surface area (Å²) in [5.74, 6) is 0.200. The Labute approximate surface area is 146 Å². The second-order valence-corrected chi connectivity index (χ2v) is 8.06. The molecule has 3 rings (SSSR count). The van der Waals surface area contributed by atoms with Gasteiger partial charge in [-0.3, -0.25) is 14.6 Å². The van der Waals surface area contributed by atoms with E-state index in [4.69, 9.17) is 0 Å². The molecule has 24 heavy (non-hydrogen) atoms. The minimum Gasteiger partial charge on any atom is -0.387 e. The van der Waals surface area contributed by atoms with Gasteiger partial charge >= 0.3 is 0 Å². The minimum absolute atomic E-state index is 0.200. The molecule has 1 N–H and O–H groups in total. The molecule has 0 saturated carbocycles. The van der Waals surface area contributed by atoms with E-state index >= 15 is 0 Å². The summed E-state index contributed by atoms with van der Waals surface area (Å²) in [7, 11) is 2.14. The summed E-state index contributed by atoms with van der Waals surface area (Å²) < 4.78 is 0. The van der Waals surface area contributed by atoms with Crippen LogP contribution in [0.2, 0.25) is 0 Å². The Bertz CT molecular complexity index is 417. The third-order valence-corrected chi connectivity index (χ3v) is 5.86. The molecule has 0 aliphatic carbocycles. The van der Waals surface area contributed by atoms with Crippen molar-refractivity contribution >= 4 is 5.91 Å². The van der Waals surface area contributed by atoms with Gasteiger partial charge in [0.1, 0.15) is 0 Å². The largest absolute Gasteiger partial charge is 0.387 e. The van der Waals surface area contributed by atoms with Crippen molar-refractivity contribution in [1.29, 1.82) is 0 Å². The van der Waals surface area contributed by atoms with Crippen LogP contribution in [0.5, 0.6) is 0 Å². The van der Waals surface area contributed by atoms with E-state index in [0.29, 0.717) is 32.6 Å². The first kappa shape index (κ1) is 18.1. The van der Waals surface area contributed by atoms with E-state index in [1.165, 1.54) is 25.7 Å². The summed E-state index contributed by atoms with van der Waals surface area (Å²) in [5.41, 5.74) is -0.718. The van der Waals surface area contributed by atoms with Crippen LogP contribution in [0.3, 0.4) is 0 Å². The lowest BCUT2D eigenvalue weighted by Gasteiger charge is -2.36. The number of hydrogen-bond acceptors (Lipinski definition) is 5. The highest BCUT2D eigenvalue weighted by molar-refractivity contribution is 5.78. The van der Waals surface area contributed by atoms with Crippen LogP contribution >= 0.6 is 0 Å². The Morgan fingerprint density at radius 1 is 0.917 bits per heavy atom. The number of nitrogens with zero attached hydrogens (tertiary/aromatic N) is 4. The molecule has 3 aliphatic heterocycles. The summed E-state index contributed by atoms with van der Waals surface area (Å²) in [6.45, 7) is 8.70. The number of carbonyl (C=O) groups excluding carboxylic acids is 1. The monoisotopic (exact) mass is 338 g/mol. The van der Waals surface area contributed by atoms with E-state index in [1.54, 1.807) is 0 Å². The molecule has 1 atom stereocenters. The standard InChI is InChI=1S/C18H34N4O2/c1-19-10-12-21(13-11-19)15-18(24)6-9-22(16-18)17(23)14-20-7-4-2-3-5-8-20/h24H,2-16H2,1H3. The highest BCUT2D eigenvalue weighted by atomic mass is 16.3. The van der Waals surface area contributed by atoms with Crippen LogP contribution in [0.1, 0.15) is 32.1 Å². The predicted octanol–water partition coefficient (Wildman–Crippen LogP) is 0.0732. The molecule has 0 aromatic carbocycles. The number of amides is 1. The van der Waals surface area contributed by atoms with Crippen LogP contribution < -0.4 is 0 Å². The van der Waals surface area contributed by atoms with E-state index in [9.17, 15) is 9.90 Å². The highest BCUT2D eigenvalue weighted by Gasteiger charge is 2.39. The Morgan fingerprint density at radius 2 is 1.58 bits per heavy atom. The summed E-state index contributed by atoms with van der Waals surface area (Å²) in [4.78, 5) is 21.5. The van der Waals surface area contributed by atoms with Crippen LogP contribution in [0.4, 0.5) is 0 Å². The number of β-amino-alcohol motifs (C(OH)–C–C–N with tert-alkyl or cyclic N) is 1. The van der Waals surface area contributed by atoms with Gasteiger partial charge in [0.2, 0.25) is 5.91 Å². The minimum atomic E-state index is -0.718. The first-order chi connectivity index (χ1) is 11.5. The number of carbonyl (C=O) groups is 1. The molecule has 3 aliphatic rings. The topological polar surface area (TPSA) is 50.3 Å². The highest BCUT2D eigenvalue weighted by Crippen LogP contribution is 2.23. The van der Waals surface area contributed by atoms with Crippen molar-refractivity contribution in [2.45, 2.75) is 37.7 Å². The summed E-state index contributed by atoms with van der Waals surface area (Å²) >= 11 is 0. The van der Waals surface area contributed by atoms with Gasteiger partial charge in [-0.25, -0.2) is 0 Å². The van der Waals surface area contributed by atoms with Crippen molar-refractivity contribution in [2.75, 3.05) is 72.5 Å². The molecule has 138 valence electrons. The molecule has 3 fully saturated rings. The van der Waals surface area contributed by atoms with Crippen molar-refractivity contribution in [2.24, 2.45) is 0 Å². The molecule has 0 spiro atoms. The van der Waals surface area contributed by atoms with Crippen LogP contribution in [0.25, 0.3) is 0 Å². The molecule has 6 nitrogen and oxygen atoms in total. The molecule has 1 amide bonds. The van der Waals surface area contributed by atoms with Crippen LogP contribution in [-0.4, -0.2) is 109 Å². The molecule has 1 unspecified atom stereocenters. The van der Waals surface area contributed by atoms with Gasteiger partial charge in [-0.05, 0) is 39.4 Å². The summed E-state index contributed by atoms with van der Waals surface area (Å²) in [6, 6.07) is 0. The molecule has 3 saturated heterocycles. The van der Waals surface area contributed by atoms with E-state index < -0.39 is 5.60 Å². The van der Waals surface area contributed by atoms with Gasteiger partial charge in [-0.15, -0.1) is 0 Å². The lowest BCUT2D eigenvalue weighted by molar-refractivity contribution is -0.132. The quantitative estimate of drug-likeness (QED) is 0.786. The number of likely N-dealkylation sites (tertiary alicyclic amines) is 2. The Hall–Kier alpha value is -0.690. The normalized spacial score (nSPS) is 31.3. The van der Waals surface area contributed by atoms with Crippen LogP contribution in [0.15, 0.2) is 0 Å². The molecule has 0 radical (unpaired) electrons. The molecule has 0 aromatic heterocycles. The Kier molecular flexibility index (Phi) is 6.13. The molecular weight excluding hydrogens is 304 g/mol. The zero-order valence-electron chi connectivity index (χ0n) is 15.3. The summed E-state index contributed by atoms with van der Waals surface area (Å²) in [5, 5.41) is 10.9. The lowest BCUT2D eigenvalue weighted by Crippen LogP contribution is -2.52. The average molecular weight is 338 g/mol. The van der Waals surface area contributed by atoms with Crippen LogP contribution in [-0.2, 0) is 4.79 Å². The fourth-order valence-corrected chi connectivity index (χ4v) is 4.21. The lowest BCUT2D eigenvalue weighted by atomic mass is 10.0. The van der Waals surface area contributed by atoms with Crippen molar-refractivity contribution < 1.29 is 9.90 Å². The van der Waals surface area contributed by atoms with Gasteiger partial charge in [0.05, 0.1) is 18.7 Å². The molecule has 0 bridgehead atoms. The van der Waals surface area contributed by atoms with Crippen molar-refractivity contribution in [3.8, 4) is 0 Å². The third-order valence-electron chi connectivity index (χ3n) is 5.86. The molecule has 3 heterocycles. The number of likely N-dealkylation sites (N-methyl/N-ethyl adjacent to an activating group) is 1. The van der Waals surface area contributed by atoms with E-state index in [-0.39, 0.29) is 5.91 Å². The van der Waals surface area contributed by atoms with E-state index in [2.05, 4.69) is 21.7 Å². The number of piperazine rings is 1. The third kappa shape index (κ3) is 4.91. The second kappa shape index (κ2) is 8.13. The summed E-state index contributed by atoms with van der Waals surface area (Å²) in [6.07, 6.45) is 5.71. The van der Waals surface area contributed by atoms with Crippen molar-refractivity contribution in [3.63, 3.8) is 0 Å². The van der Waals surface area contributed by atoms with Crippen LogP contribution in [0, 0.1) is 0 Å².